The van der Waals surface area contributed by atoms with Gasteiger partial charge >= 0.3 is 0 Å². The quantitative estimate of drug-likeness (QED) is 0.231. The van der Waals surface area contributed by atoms with E-state index in [-0.39, 0.29) is 0 Å². The van der Waals surface area contributed by atoms with E-state index in [0.29, 0.717) is 0 Å². The molecule has 0 aliphatic rings. The Morgan fingerprint density at radius 1 is 0.316 bits per heavy atom. The molecule has 6 aromatic rings. The van der Waals surface area contributed by atoms with E-state index in [1.54, 1.807) is 0 Å². The lowest BCUT2D eigenvalue weighted by Crippen LogP contribution is -1.97. The molecule has 0 nitrogen and oxygen atoms in total. The van der Waals surface area contributed by atoms with Crippen molar-refractivity contribution in [1.29, 1.82) is 0 Å². The first kappa shape index (κ1) is 24.2. The van der Waals surface area contributed by atoms with Gasteiger partial charge in [-0.3, -0.25) is 0 Å². The first-order chi connectivity index (χ1) is 18.3. The first-order valence-electron chi connectivity index (χ1n) is 13.5. The molecule has 0 atom stereocenters. The average Bonchev–Trinajstić information content (AvgIpc) is 2.87. The van der Waals surface area contributed by atoms with Crippen LogP contribution < -0.4 is 0 Å². The number of benzene rings is 6. The third kappa shape index (κ3) is 4.11. The highest BCUT2D eigenvalue weighted by Crippen LogP contribution is 2.45. The van der Waals surface area contributed by atoms with Crippen LogP contribution in [0, 0.1) is 41.5 Å². The predicted molar refractivity (Wildman–Crippen MR) is 166 cm³/mol. The summed E-state index contributed by atoms with van der Waals surface area (Å²) in [6, 6.07) is 36.4. The summed E-state index contributed by atoms with van der Waals surface area (Å²) >= 11 is 0. The van der Waals surface area contributed by atoms with Gasteiger partial charge in [-0.25, -0.2) is 0 Å². The van der Waals surface area contributed by atoms with Gasteiger partial charge in [0, 0.05) is 0 Å². The fourth-order valence-corrected chi connectivity index (χ4v) is 6.55. The Bertz CT molecular complexity index is 1680. The Morgan fingerprint density at radius 2 is 0.579 bits per heavy atom. The molecule has 0 unspecified atom stereocenters. The average molecular weight is 491 g/mol. The fraction of sp³-hybridized carbons (Fsp3) is 0.158. The molecule has 0 heteroatoms. The van der Waals surface area contributed by atoms with Crippen molar-refractivity contribution >= 4 is 21.5 Å². The van der Waals surface area contributed by atoms with Gasteiger partial charge in [-0.1, -0.05) is 83.9 Å². The van der Waals surface area contributed by atoms with Crippen LogP contribution in [0.25, 0.3) is 54.9 Å². The smallest absolute Gasteiger partial charge is 0.00924 e. The topological polar surface area (TPSA) is 0 Å². The Kier molecular flexibility index (Phi) is 5.92. The summed E-state index contributed by atoms with van der Waals surface area (Å²) in [7, 11) is 0. The van der Waals surface area contributed by atoms with E-state index in [1.807, 2.05) is 0 Å². The molecule has 0 aromatic heterocycles. The van der Waals surface area contributed by atoms with E-state index in [4.69, 9.17) is 0 Å². The van der Waals surface area contributed by atoms with Crippen LogP contribution in [0.4, 0.5) is 0 Å². The number of fused-ring (bicyclic) bond motifs is 2. The van der Waals surface area contributed by atoms with Crippen molar-refractivity contribution in [3.63, 3.8) is 0 Å². The molecule has 6 rings (SSSR count). The van der Waals surface area contributed by atoms with Crippen LogP contribution in [0.5, 0.6) is 0 Å². The maximum absolute atomic E-state index is 2.41. The van der Waals surface area contributed by atoms with Gasteiger partial charge in [0.1, 0.15) is 0 Å². The minimum Gasteiger partial charge on any atom is -0.0616 e. The van der Waals surface area contributed by atoms with Crippen molar-refractivity contribution in [3.05, 3.63) is 130 Å². The number of hydrogen-bond donors (Lipinski definition) is 0. The van der Waals surface area contributed by atoms with Crippen LogP contribution in [0.2, 0.25) is 0 Å². The largest absolute Gasteiger partial charge is 0.0616 e. The van der Waals surface area contributed by atoms with E-state index in [0.717, 1.165) is 0 Å². The molecule has 0 bridgehead atoms. The van der Waals surface area contributed by atoms with E-state index in [2.05, 4.69) is 139 Å². The van der Waals surface area contributed by atoms with Crippen molar-refractivity contribution in [2.45, 2.75) is 41.5 Å². The van der Waals surface area contributed by atoms with Crippen LogP contribution in [-0.2, 0) is 0 Å². The summed E-state index contributed by atoms with van der Waals surface area (Å²) in [6.07, 6.45) is 0. The molecule has 0 saturated heterocycles. The zero-order chi connectivity index (χ0) is 26.6. The van der Waals surface area contributed by atoms with Gasteiger partial charge in [0.25, 0.3) is 0 Å². The monoisotopic (exact) mass is 490 g/mol. The molecule has 0 amide bonds. The van der Waals surface area contributed by atoms with Crippen molar-refractivity contribution in [2.24, 2.45) is 0 Å². The van der Waals surface area contributed by atoms with Crippen molar-refractivity contribution in [3.8, 4) is 33.4 Å². The summed E-state index contributed by atoms with van der Waals surface area (Å²) in [5.41, 5.74) is 15.8. The second kappa shape index (κ2) is 9.30. The molecule has 0 aliphatic carbocycles. The maximum Gasteiger partial charge on any atom is -0.00924 e. The zero-order valence-electron chi connectivity index (χ0n) is 23.2. The second-order valence-electron chi connectivity index (χ2n) is 11.0. The standard InChI is InChI=1S/C38H34/c1-23-15-25(3)37(26(4)16-23)35-21-31-13-9-7-11-29(31)19-33(35)34-20-30-12-8-10-14-32(30)22-36(34)38-27(5)17-24(2)18-28(38)6/h7-22H,1-6H3. The lowest BCUT2D eigenvalue weighted by molar-refractivity contribution is 1.32. The highest BCUT2D eigenvalue weighted by molar-refractivity contribution is 6.04. The highest BCUT2D eigenvalue weighted by Gasteiger charge is 2.19. The molecule has 0 N–H and O–H groups in total. The number of aryl methyl sites for hydroxylation is 6. The molecule has 0 heterocycles. The molecular weight excluding hydrogens is 456 g/mol. The lowest BCUT2D eigenvalue weighted by atomic mass is 9.82. The predicted octanol–water partition coefficient (Wildman–Crippen LogP) is 10.8. The van der Waals surface area contributed by atoms with Gasteiger partial charge in [-0.15, -0.1) is 0 Å². The molecule has 0 aliphatic heterocycles. The summed E-state index contributed by atoms with van der Waals surface area (Å²) in [5, 5.41) is 5.08. The Morgan fingerprint density at radius 3 is 0.868 bits per heavy atom. The summed E-state index contributed by atoms with van der Waals surface area (Å²) in [6.45, 7) is 13.4. The van der Waals surface area contributed by atoms with E-state index < -0.39 is 0 Å². The van der Waals surface area contributed by atoms with Gasteiger partial charge in [0.05, 0.1) is 0 Å². The molecule has 38 heavy (non-hydrogen) atoms. The third-order valence-electron chi connectivity index (χ3n) is 7.95. The fourth-order valence-electron chi connectivity index (χ4n) is 6.55. The summed E-state index contributed by atoms with van der Waals surface area (Å²) < 4.78 is 0. The second-order valence-corrected chi connectivity index (χ2v) is 11.0. The third-order valence-corrected chi connectivity index (χ3v) is 7.95. The summed E-state index contributed by atoms with van der Waals surface area (Å²) in [4.78, 5) is 0. The molecule has 186 valence electrons. The van der Waals surface area contributed by atoms with Crippen LogP contribution in [-0.4, -0.2) is 0 Å². The maximum atomic E-state index is 2.41. The molecule has 0 radical (unpaired) electrons. The minimum absolute atomic E-state index is 1.27. The molecule has 6 aromatic carbocycles. The Hall–Kier alpha value is -4.16. The molecular formula is C38H34. The van der Waals surface area contributed by atoms with Crippen molar-refractivity contribution in [2.75, 3.05) is 0 Å². The van der Waals surface area contributed by atoms with Crippen molar-refractivity contribution < 1.29 is 0 Å². The Labute approximate surface area is 226 Å². The van der Waals surface area contributed by atoms with E-state index >= 15 is 0 Å². The Balaban J connectivity index is 1.78. The first-order valence-corrected chi connectivity index (χ1v) is 13.5. The van der Waals surface area contributed by atoms with Gasteiger partial charge in [0.2, 0.25) is 0 Å². The SMILES string of the molecule is Cc1cc(C)c(-c2cc3ccccc3cc2-c2cc3ccccc3cc2-c2c(C)cc(C)cc2C)c(C)c1. The molecule has 0 fully saturated rings. The number of hydrogen-bond acceptors (Lipinski definition) is 0. The van der Waals surface area contributed by atoms with Crippen LogP contribution in [0.15, 0.2) is 97.1 Å². The van der Waals surface area contributed by atoms with Gasteiger partial charge in [-0.2, -0.15) is 0 Å². The van der Waals surface area contributed by atoms with Gasteiger partial charge in [-0.05, 0) is 143 Å². The number of rotatable bonds is 3. The van der Waals surface area contributed by atoms with E-state index in [1.165, 1.54) is 88.3 Å². The minimum atomic E-state index is 1.27. The zero-order valence-corrected chi connectivity index (χ0v) is 23.2. The van der Waals surface area contributed by atoms with Crippen LogP contribution in [0.3, 0.4) is 0 Å². The van der Waals surface area contributed by atoms with Crippen molar-refractivity contribution in [1.82, 2.24) is 0 Å². The van der Waals surface area contributed by atoms with Gasteiger partial charge in [0.15, 0.2) is 0 Å². The van der Waals surface area contributed by atoms with Gasteiger partial charge < -0.3 is 0 Å². The molecule has 0 saturated carbocycles. The lowest BCUT2D eigenvalue weighted by Gasteiger charge is -2.22. The molecule has 0 spiro atoms. The van der Waals surface area contributed by atoms with Crippen LogP contribution in [0.1, 0.15) is 33.4 Å². The highest BCUT2D eigenvalue weighted by atomic mass is 14.2. The van der Waals surface area contributed by atoms with Crippen LogP contribution >= 0.6 is 0 Å². The van der Waals surface area contributed by atoms with E-state index in [9.17, 15) is 0 Å². The summed E-state index contributed by atoms with van der Waals surface area (Å²) in [5.74, 6) is 0. The normalized spacial score (nSPS) is 11.4.